The fourth-order valence-electron chi connectivity index (χ4n) is 1.42. The van der Waals surface area contributed by atoms with Crippen molar-refractivity contribution in [2.45, 2.75) is 6.92 Å². The summed E-state index contributed by atoms with van der Waals surface area (Å²) in [7, 11) is 1.34. The van der Waals surface area contributed by atoms with Crippen molar-refractivity contribution in [3.05, 3.63) is 28.8 Å². The van der Waals surface area contributed by atoms with E-state index < -0.39 is 0 Å². The van der Waals surface area contributed by atoms with Crippen LogP contribution in [-0.2, 0) is 9.53 Å². The van der Waals surface area contributed by atoms with Crippen molar-refractivity contribution in [1.82, 2.24) is 0 Å². The number of methoxy groups -OCH3 is 1. The Labute approximate surface area is 105 Å². The summed E-state index contributed by atoms with van der Waals surface area (Å²) in [5.74, 6) is -0.327. The van der Waals surface area contributed by atoms with Gasteiger partial charge in [0.2, 0.25) is 0 Å². The summed E-state index contributed by atoms with van der Waals surface area (Å²) >= 11 is 6.06. The minimum Gasteiger partial charge on any atom is -0.468 e. The summed E-state index contributed by atoms with van der Waals surface area (Å²) < 4.78 is 4.61. The van der Waals surface area contributed by atoms with Crippen LogP contribution in [0.1, 0.15) is 12.5 Å². The molecule has 5 heteroatoms. The molecule has 0 fully saturated rings. The fraction of sp³-hybridized carbons (Fsp3) is 0.333. The van der Waals surface area contributed by atoms with Crippen molar-refractivity contribution < 1.29 is 9.53 Å². The molecule has 1 rings (SSSR count). The normalized spacial score (nSPS) is 9.53. The maximum atomic E-state index is 11.2. The highest BCUT2D eigenvalue weighted by Gasteiger charge is 2.13. The summed E-state index contributed by atoms with van der Waals surface area (Å²) in [5.41, 5.74) is 1.21. The Morgan fingerprint density at radius 2 is 2.29 bits per heavy atom. The molecule has 0 radical (unpaired) electrons. The second kappa shape index (κ2) is 6.12. The third kappa shape index (κ3) is 3.36. The fourth-order valence-corrected chi connectivity index (χ4v) is 1.72. The Balaban J connectivity index is 2.97. The number of esters is 1. The number of carbonyl (C=O) groups excluding carboxylic acids is 1. The molecule has 0 atom stereocenters. The van der Waals surface area contributed by atoms with Crippen LogP contribution < -0.4 is 4.90 Å². The molecule has 0 spiro atoms. The Hall–Kier alpha value is -1.73. The van der Waals surface area contributed by atoms with Gasteiger partial charge in [0.15, 0.2) is 0 Å². The molecule has 1 aromatic carbocycles. The summed E-state index contributed by atoms with van der Waals surface area (Å²) in [6.45, 7) is 2.68. The van der Waals surface area contributed by atoms with Crippen LogP contribution in [0.5, 0.6) is 0 Å². The Morgan fingerprint density at radius 1 is 1.59 bits per heavy atom. The van der Waals surface area contributed by atoms with Gasteiger partial charge in [-0.05, 0) is 25.1 Å². The molecule has 0 aromatic heterocycles. The van der Waals surface area contributed by atoms with E-state index in [0.717, 1.165) is 5.69 Å². The number of nitriles is 1. The van der Waals surface area contributed by atoms with Crippen molar-refractivity contribution in [1.29, 1.82) is 5.26 Å². The van der Waals surface area contributed by atoms with Crippen molar-refractivity contribution in [3.8, 4) is 6.07 Å². The number of benzene rings is 1. The highest BCUT2D eigenvalue weighted by atomic mass is 35.5. The number of ether oxygens (including phenoxy) is 1. The smallest absolute Gasteiger partial charge is 0.325 e. The highest BCUT2D eigenvalue weighted by Crippen LogP contribution is 2.26. The Bertz CT molecular complexity index is 454. The molecule has 0 bridgehead atoms. The largest absolute Gasteiger partial charge is 0.468 e. The van der Waals surface area contributed by atoms with Crippen LogP contribution in [0.3, 0.4) is 0 Å². The number of nitrogens with zero attached hydrogens (tertiary/aromatic N) is 2. The van der Waals surface area contributed by atoms with Gasteiger partial charge in [-0.1, -0.05) is 11.6 Å². The van der Waals surface area contributed by atoms with Crippen molar-refractivity contribution >= 4 is 23.3 Å². The van der Waals surface area contributed by atoms with E-state index in [1.807, 2.05) is 13.0 Å². The lowest BCUT2D eigenvalue weighted by Gasteiger charge is -2.22. The standard InChI is InChI=1S/C12H13ClN2O2/c1-3-15(8-12(16)17-2)11-5-4-9(7-14)6-10(11)13/h4-6H,3,8H2,1-2H3. The van der Waals surface area contributed by atoms with Crippen LogP contribution >= 0.6 is 11.6 Å². The van der Waals surface area contributed by atoms with E-state index >= 15 is 0 Å². The van der Waals surface area contributed by atoms with Gasteiger partial charge in [0.05, 0.1) is 29.5 Å². The topological polar surface area (TPSA) is 53.3 Å². The van der Waals surface area contributed by atoms with Gasteiger partial charge in [-0.25, -0.2) is 0 Å². The second-order valence-electron chi connectivity index (χ2n) is 3.37. The zero-order chi connectivity index (χ0) is 12.8. The molecule has 0 saturated carbocycles. The maximum absolute atomic E-state index is 11.2. The van der Waals surface area contributed by atoms with E-state index in [0.29, 0.717) is 17.1 Å². The first-order chi connectivity index (χ1) is 8.12. The lowest BCUT2D eigenvalue weighted by molar-refractivity contribution is -0.138. The van der Waals surface area contributed by atoms with E-state index in [1.54, 1.807) is 23.1 Å². The van der Waals surface area contributed by atoms with E-state index in [-0.39, 0.29) is 12.5 Å². The van der Waals surface area contributed by atoms with E-state index in [9.17, 15) is 4.79 Å². The molecule has 0 unspecified atom stereocenters. The zero-order valence-corrected chi connectivity index (χ0v) is 10.5. The highest BCUT2D eigenvalue weighted by molar-refractivity contribution is 6.33. The molecule has 0 saturated heterocycles. The number of hydrogen-bond acceptors (Lipinski definition) is 4. The lowest BCUT2D eigenvalue weighted by Crippen LogP contribution is -2.30. The first-order valence-corrected chi connectivity index (χ1v) is 5.51. The van der Waals surface area contributed by atoms with Crippen molar-refractivity contribution in [3.63, 3.8) is 0 Å². The molecule has 0 N–H and O–H groups in total. The second-order valence-corrected chi connectivity index (χ2v) is 3.78. The maximum Gasteiger partial charge on any atom is 0.325 e. The van der Waals surface area contributed by atoms with Crippen molar-refractivity contribution in [2.75, 3.05) is 25.1 Å². The monoisotopic (exact) mass is 252 g/mol. The zero-order valence-electron chi connectivity index (χ0n) is 9.74. The average molecular weight is 253 g/mol. The summed E-state index contributed by atoms with van der Waals surface area (Å²) in [6.07, 6.45) is 0. The third-order valence-electron chi connectivity index (χ3n) is 2.35. The molecule has 1 aromatic rings. The van der Waals surface area contributed by atoms with Crippen LogP contribution in [0.4, 0.5) is 5.69 Å². The molecule has 0 aliphatic rings. The van der Waals surface area contributed by atoms with E-state index in [4.69, 9.17) is 16.9 Å². The molecule has 0 aliphatic carbocycles. The molecular formula is C12H13ClN2O2. The number of rotatable bonds is 4. The van der Waals surface area contributed by atoms with Gasteiger partial charge in [0, 0.05) is 6.54 Å². The van der Waals surface area contributed by atoms with Gasteiger partial charge in [-0.3, -0.25) is 4.79 Å². The Kier molecular flexibility index (Phi) is 4.80. The quantitative estimate of drug-likeness (QED) is 0.771. The van der Waals surface area contributed by atoms with Crippen LogP contribution in [0, 0.1) is 11.3 Å². The summed E-state index contributed by atoms with van der Waals surface area (Å²) in [5, 5.41) is 9.19. The van der Waals surface area contributed by atoms with Gasteiger partial charge in [0.1, 0.15) is 6.54 Å². The number of likely N-dealkylation sites (N-methyl/N-ethyl adjacent to an activating group) is 1. The van der Waals surface area contributed by atoms with Gasteiger partial charge in [-0.2, -0.15) is 5.26 Å². The molecule has 0 aliphatic heterocycles. The molecule has 17 heavy (non-hydrogen) atoms. The Morgan fingerprint density at radius 3 is 2.76 bits per heavy atom. The average Bonchev–Trinajstić information content (AvgIpc) is 2.35. The summed E-state index contributed by atoms with van der Waals surface area (Å²) in [4.78, 5) is 13.0. The van der Waals surface area contributed by atoms with Gasteiger partial charge >= 0.3 is 5.97 Å². The molecule has 0 heterocycles. The van der Waals surface area contributed by atoms with E-state index in [2.05, 4.69) is 4.74 Å². The van der Waals surface area contributed by atoms with Gasteiger partial charge < -0.3 is 9.64 Å². The SMILES string of the molecule is CCN(CC(=O)OC)c1ccc(C#N)cc1Cl. The number of halogens is 1. The van der Waals surface area contributed by atoms with Gasteiger partial charge in [0.25, 0.3) is 0 Å². The van der Waals surface area contributed by atoms with Crippen LogP contribution in [0.15, 0.2) is 18.2 Å². The van der Waals surface area contributed by atoms with Crippen LogP contribution in [0.25, 0.3) is 0 Å². The first-order valence-electron chi connectivity index (χ1n) is 5.13. The van der Waals surface area contributed by atoms with Crippen LogP contribution in [-0.4, -0.2) is 26.2 Å². The predicted molar refractivity (Wildman–Crippen MR) is 66.1 cm³/mol. The molecule has 0 amide bonds. The van der Waals surface area contributed by atoms with E-state index in [1.165, 1.54) is 7.11 Å². The minimum absolute atomic E-state index is 0.138. The third-order valence-corrected chi connectivity index (χ3v) is 2.65. The minimum atomic E-state index is -0.327. The lowest BCUT2D eigenvalue weighted by atomic mass is 10.2. The number of anilines is 1. The molecule has 4 nitrogen and oxygen atoms in total. The number of hydrogen-bond donors (Lipinski definition) is 0. The predicted octanol–water partition coefficient (Wildman–Crippen LogP) is 2.21. The molecule has 90 valence electrons. The number of carbonyl (C=O) groups is 1. The first kappa shape index (κ1) is 13.3. The van der Waals surface area contributed by atoms with Gasteiger partial charge in [-0.15, -0.1) is 0 Å². The molecular weight excluding hydrogens is 240 g/mol. The van der Waals surface area contributed by atoms with Crippen LogP contribution in [0.2, 0.25) is 5.02 Å². The van der Waals surface area contributed by atoms with Crippen molar-refractivity contribution in [2.24, 2.45) is 0 Å². The summed E-state index contributed by atoms with van der Waals surface area (Å²) in [6, 6.07) is 6.99.